The molecule has 2 N–H and O–H groups in total. The normalized spacial score (nSPS) is 14.4. The van der Waals surface area contributed by atoms with E-state index in [0.717, 1.165) is 17.7 Å². The Morgan fingerprint density at radius 1 is 1.50 bits per heavy atom. The van der Waals surface area contributed by atoms with E-state index in [0.29, 0.717) is 17.7 Å². The highest BCUT2D eigenvalue weighted by atomic mass is 32.1. The van der Waals surface area contributed by atoms with Crippen LogP contribution in [0.3, 0.4) is 0 Å². The predicted octanol–water partition coefficient (Wildman–Crippen LogP) is 2.48. The molecule has 1 fully saturated rings. The van der Waals surface area contributed by atoms with Crippen LogP contribution in [0.1, 0.15) is 23.2 Å². The fourth-order valence-electron chi connectivity index (χ4n) is 1.59. The summed E-state index contributed by atoms with van der Waals surface area (Å²) in [5, 5.41) is 14.2. The Kier molecular flexibility index (Phi) is 2.71. The number of rotatable bonds is 4. The molecule has 1 aliphatic rings. The van der Waals surface area contributed by atoms with Gasteiger partial charge in [-0.15, -0.1) is 11.3 Å². The second kappa shape index (κ2) is 4.38. The Labute approximate surface area is 108 Å². The molecular weight excluding hydrogens is 250 g/mol. The smallest absolute Gasteiger partial charge is 0.341 e. The number of carbonyl (C=O) groups is 1. The summed E-state index contributed by atoms with van der Waals surface area (Å²) in [6.07, 6.45) is 3.50. The number of hydrogen-bond acceptors (Lipinski definition) is 5. The van der Waals surface area contributed by atoms with Gasteiger partial charge in [0.1, 0.15) is 11.4 Å². The fraction of sp³-hybridized carbons (Fsp3) is 0.250. The van der Waals surface area contributed by atoms with Crippen molar-refractivity contribution in [3.63, 3.8) is 0 Å². The van der Waals surface area contributed by atoms with E-state index in [-0.39, 0.29) is 5.56 Å². The number of nitrogens with one attached hydrogen (secondary N) is 1. The Morgan fingerprint density at radius 3 is 2.94 bits per heavy atom. The Bertz CT molecular complexity index is 579. The van der Waals surface area contributed by atoms with Gasteiger partial charge in [-0.2, -0.15) is 0 Å². The van der Waals surface area contributed by atoms with E-state index >= 15 is 0 Å². The van der Waals surface area contributed by atoms with E-state index in [1.54, 1.807) is 0 Å². The van der Waals surface area contributed by atoms with Crippen LogP contribution < -0.4 is 5.32 Å². The average molecular weight is 261 g/mol. The zero-order valence-electron chi connectivity index (χ0n) is 9.46. The Hall–Kier alpha value is -1.95. The quantitative estimate of drug-likeness (QED) is 0.884. The van der Waals surface area contributed by atoms with Crippen molar-refractivity contribution in [1.29, 1.82) is 0 Å². The number of carboxylic acid groups (broad SMARTS) is 1. The van der Waals surface area contributed by atoms with Crippen molar-refractivity contribution in [2.24, 2.45) is 0 Å². The molecule has 0 atom stereocenters. The molecule has 0 aliphatic heterocycles. The number of carboxylic acids is 1. The first-order valence-electron chi connectivity index (χ1n) is 5.65. The summed E-state index contributed by atoms with van der Waals surface area (Å²) >= 11 is 1.53. The number of aromatic nitrogens is 2. The molecule has 3 rings (SSSR count). The van der Waals surface area contributed by atoms with Crippen LogP contribution in [0.2, 0.25) is 0 Å². The highest BCUT2D eigenvalue weighted by molar-refractivity contribution is 7.13. The topological polar surface area (TPSA) is 75.1 Å². The van der Waals surface area contributed by atoms with E-state index in [2.05, 4.69) is 15.3 Å². The summed E-state index contributed by atoms with van der Waals surface area (Å²) < 4.78 is 0. The molecule has 0 bridgehead atoms. The minimum absolute atomic E-state index is 0.127. The van der Waals surface area contributed by atoms with Gasteiger partial charge in [0.05, 0.1) is 4.88 Å². The van der Waals surface area contributed by atoms with Crippen LogP contribution >= 0.6 is 11.3 Å². The second-order valence-electron chi connectivity index (χ2n) is 4.16. The summed E-state index contributed by atoms with van der Waals surface area (Å²) in [5.41, 5.74) is 0.127. The zero-order chi connectivity index (χ0) is 12.5. The molecule has 0 spiro atoms. The first-order chi connectivity index (χ1) is 8.74. The van der Waals surface area contributed by atoms with Crippen LogP contribution in [0.5, 0.6) is 0 Å². The minimum Gasteiger partial charge on any atom is -0.477 e. The highest BCUT2D eigenvalue weighted by Gasteiger charge is 2.24. The summed E-state index contributed by atoms with van der Waals surface area (Å²) in [6, 6.07) is 4.19. The highest BCUT2D eigenvalue weighted by Crippen LogP contribution is 2.28. The molecule has 6 heteroatoms. The van der Waals surface area contributed by atoms with Gasteiger partial charge in [0, 0.05) is 12.2 Å². The van der Waals surface area contributed by atoms with Gasteiger partial charge in [-0.1, -0.05) is 6.07 Å². The molecule has 0 amide bonds. The van der Waals surface area contributed by atoms with Crippen molar-refractivity contribution in [2.75, 3.05) is 5.32 Å². The van der Waals surface area contributed by atoms with E-state index in [1.807, 2.05) is 17.5 Å². The summed E-state index contributed by atoms with van der Waals surface area (Å²) in [4.78, 5) is 20.5. The van der Waals surface area contributed by atoms with Gasteiger partial charge < -0.3 is 10.4 Å². The molecule has 2 aromatic heterocycles. The lowest BCUT2D eigenvalue weighted by Crippen LogP contribution is -2.11. The van der Waals surface area contributed by atoms with Crippen LogP contribution in [-0.2, 0) is 0 Å². The maximum Gasteiger partial charge on any atom is 0.341 e. The van der Waals surface area contributed by atoms with Crippen molar-refractivity contribution in [3.8, 4) is 10.7 Å². The molecular formula is C12H11N3O2S. The largest absolute Gasteiger partial charge is 0.477 e. The van der Waals surface area contributed by atoms with Gasteiger partial charge in [0.25, 0.3) is 0 Å². The number of thiophene rings is 1. The predicted molar refractivity (Wildman–Crippen MR) is 68.9 cm³/mol. The SMILES string of the molecule is O=C(O)c1cnc(-c2cccs2)nc1NC1CC1. The van der Waals surface area contributed by atoms with Crippen molar-refractivity contribution in [2.45, 2.75) is 18.9 Å². The van der Waals surface area contributed by atoms with Gasteiger partial charge in [-0.3, -0.25) is 0 Å². The Morgan fingerprint density at radius 2 is 2.33 bits per heavy atom. The van der Waals surface area contributed by atoms with E-state index in [9.17, 15) is 4.79 Å². The third-order valence-corrected chi connectivity index (χ3v) is 3.54. The molecule has 0 unspecified atom stereocenters. The Balaban J connectivity index is 2.00. The van der Waals surface area contributed by atoms with E-state index in [1.165, 1.54) is 17.5 Å². The number of nitrogens with zero attached hydrogens (tertiary/aromatic N) is 2. The summed E-state index contributed by atoms with van der Waals surface area (Å²) in [5.74, 6) is -0.0163. The number of aromatic carboxylic acids is 1. The third-order valence-electron chi connectivity index (χ3n) is 2.68. The summed E-state index contributed by atoms with van der Waals surface area (Å²) in [7, 11) is 0. The zero-order valence-corrected chi connectivity index (χ0v) is 10.3. The van der Waals surface area contributed by atoms with Crippen LogP contribution in [0, 0.1) is 0 Å². The average Bonchev–Trinajstić information content (AvgIpc) is 3.00. The number of hydrogen-bond donors (Lipinski definition) is 2. The third kappa shape index (κ3) is 2.19. The van der Waals surface area contributed by atoms with Gasteiger partial charge in [-0.05, 0) is 24.3 Å². The van der Waals surface area contributed by atoms with E-state index < -0.39 is 5.97 Å². The molecule has 92 valence electrons. The van der Waals surface area contributed by atoms with Crippen molar-refractivity contribution < 1.29 is 9.90 Å². The standard InChI is InChI=1S/C12H11N3O2S/c16-12(17)8-6-13-11(9-2-1-5-18-9)15-10(8)14-7-3-4-7/h1-2,5-7H,3-4H2,(H,16,17)(H,13,14,15). The van der Waals surface area contributed by atoms with Crippen LogP contribution in [0.15, 0.2) is 23.7 Å². The monoisotopic (exact) mass is 261 g/mol. The van der Waals surface area contributed by atoms with Crippen LogP contribution in [0.25, 0.3) is 10.7 Å². The minimum atomic E-state index is -1.00. The first-order valence-corrected chi connectivity index (χ1v) is 6.53. The maximum absolute atomic E-state index is 11.1. The molecule has 0 aromatic carbocycles. The maximum atomic E-state index is 11.1. The lowest BCUT2D eigenvalue weighted by Gasteiger charge is -2.08. The van der Waals surface area contributed by atoms with E-state index in [4.69, 9.17) is 5.11 Å². The molecule has 1 saturated carbocycles. The first kappa shape index (κ1) is 11.2. The summed E-state index contributed by atoms with van der Waals surface area (Å²) in [6.45, 7) is 0. The molecule has 1 aliphatic carbocycles. The molecule has 18 heavy (non-hydrogen) atoms. The molecule has 2 heterocycles. The molecule has 0 radical (unpaired) electrons. The fourth-order valence-corrected chi connectivity index (χ4v) is 2.26. The van der Waals surface area contributed by atoms with Gasteiger partial charge in [0.15, 0.2) is 5.82 Å². The molecule has 5 nitrogen and oxygen atoms in total. The molecule has 0 saturated heterocycles. The molecule has 2 aromatic rings. The van der Waals surface area contributed by atoms with Gasteiger partial charge in [0.2, 0.25) is 0 Å². The lowest BCUT2D eigenvalue weighted by molar-refractivity contribution is 0.0697. The van der Waals surface area contributed by atoms with Crippen LogP contribution in [0.4, 0.5) is 5.82 Å². The number of anilines is 1. The van der Waals surface area contributed by atoms with Crippen molar-refractivity contribution >= 4 is 23.1 Å². The second-order valence-corrected chi connectivity index (χ2v) is 5.10. The van der Waals surface area contributed by atoms with Gasteiger partial charge in [-0.25, -0.2) is 14.8 Å². The lowest BCUT2D eigenvalue weighted by atomic mass is 10.3. The van der Waals surface area contributed by atoms with Gasteiger partial charge >= 0.3 is 5.97 Å². The van der Waals surface area contributed by atoms with Crippen molar-refractivity contribution in [3.05, 3.63) is 29.3 Å². The van der Waals surface area contributed by atoms with Crippen molar-refractivity contribution in [1.82, 2.24) is 9.97 Å². The van der Waals surface area contributed by atoms with Crippen LogP contribution in [-0.4, -0.2) is 27.1 Å².